The topological polar surface area (TPSA) is 36.5 Å². The van der Waals surface area contributed by atoms with Gasteiger partial charge in [-0.3, -0.25) is 0 Å². The second-order valence-corrected chi connectivity index (χ2v) is 2.70. The lowest BCUT2D eigenvalue weighted by atomic mass is 10.2. The van der Waals surface area contributed by atoms with Crippen molar-refractivity contribution in [2.45, 2.75) is 6.18 Å². The van der Waals surface area contributed by atoms with Gasteiger partial charge in [0.25, 0.3) is 0 Å². The molecule has 0 aliphatic heterocycles. The fourth-order valence-electron chi connectivity index (χ4n) is 1.01. The van der Waals surface area contributed by atoms with E-state index in [1.807, 2.05) is 0 Å². The van der Waals surface area contributed by atoms with E-state index in [1.54, 1.807) is 13.2 Å². The molecule has 0 spiro atoms. The molecular formula is C8H8F3N2O+. The minimum atomic E-state index is -4.65. The molecule has 3 nitrogen and oxygen atoms in total. The zero-order chi connectivity index (χ0) is 10.8. The van der Waals surface area contributed by atoms with E-state index < -0.39 is 11.9 Å². The Bertz CT molecular complexity index is 360. The standard InChI is InChI=1S/C8H7F3N2O/c1-13-4-2-3-6(5-13)7(12-14)8(9,10)11/h2-5H,1H3/p+1. The van der Waals surface area contributed by atoms with E-state index in [4.69, 9.17) is 5.21 Å². The van der Waals surface area contributed by atoms with Gasteiger partial charge in [0.15, 0.2) is 18.1 Å². The summed E-state index contributed by atoms with van der Waals surface area (Å²) in [5.74, 6) is 0. The third kappa shape index (κ3) is 2.21. The molecule has 76 valence electrons. The average Bonchev–Trinajstić information content (AvgIpc) is 2.02. The maximum atomic E-state index is 12.2. The molecule has 0 amide bonds. The van der Waals surface area contributed by atoms with Crippen LogP contribution in [0.25, 0.3) is 0 Å². The van der Waals surface area contributed by atoms with Gasteiger partial charge in [0.2, 0.25) is 0 Å². The van der Waals surface area contributed by atoms with E-state index in [0.29, 0.717) is 0 Å². The molecule has 0 aliphatic carbocycles. The molecule has 0 aliphatic rings. The number of hydrogen-bond acceptors (Lipinski definition) is 2. The summed E-state index contributed by atoms with van der Waals surface area (Å²) in [6, 6.07) is 2.66. The minimum absolute atomic E-state index is 0.176. The van der Waals surface area contributed by atoms with Gasteiger partial charge in [-0.1, -0.05) is 5.16 Å². The van der Waals surface area contributed by atoms with Crippen LogP contribution in [0.4, 0.5) is 13.2 Å². The molecule has 0 radical (unpaired) electrons. The van der Waals surface area contributed by atoms with E-state index in [1.165, 1.54) is 22.9 Å². The molecule has 1 heterocycles. The summed E-state index contributed by atoms with van der Waals surface area (Å²) in [7, 11) is 1.58. The van der Waals surface area contributed by atoms with Gasteiger partial charge in [-0.25, -0.2) is 4.57 Å². The zero-order valence-electron chi connectivity index (χ0n) is 7.28. The Hall–Kier alpha value is -1.59. The second kappa shape index (κ2) is 3.65. The van der Waals surface area contributed by atoms with Crippen molar-refractivity contribution >= 4 is 5.71 Å². The van der Waals surface area contributed by atoms with Crippen LogP contribution in [0.2, 0.25) is 0 Å². The molecule has 0 saturated heterocycles. The number of hydrogen-bond donors (Lipinski definition) is 1. The Morgan fingerprint density at radius 1 is 1.50 bits per heavy atom. The fraction of sp³-hybridized carbons (Fsp3) is 0.250. The van der Waals surface area contributed by atoms with Gasteiger partial charge in [-0.15, -0.1) is 0 Å². The van der Waals surface area contributed by atoms with Gasteiger partial charge < -0.3 is 5.21 Å². The van der Waals surface area contributed by atoms with Crippen molar-refractivity contribution in [1.29, 1.82) is 0 Å². The average molecular weight is 205 g/mol. The number of alkyl halides is 3. The molecule has 0 bridgehead atoms. The SMILES string of the molecule is C[n+]1cccc(C(=NO)C(F)(F)F)c1. The predicted octanol–water partition coefficient (Wildman–Crippen LogP) is 1.25. The molecule has 1 aromatic rings. The summed E-state index contributed by atoms with van der Waals surface area (Å²) in [6.07, 6.45) is -1.85. The number of aromatic nitrogens is 1. The molecular weight excluding hydrogens is 197 g/mol. The van der Waals surface area contributed by atoms with E-state index >= 15 is 0 Å². The second-order valence-electron chi connectivity index (χ2n) is 2.70. The van der Waals surface area contributed by atoms with Crippen LogP contribution in [0.5, 0.6) is 0 Å². The van der Waals surface area contributed by atoms with E-state index in [0.717, 1.165) is 0 Å². The quantitative estimate of drug-likeness (QED) is 0.318. The van der Waals surface area contributed by atoms with Crippen LogP contribution in [0, 0.1) is 0 Å². The molecule has 1 N–H and O–H groups in total. The Kier molecular flexibility index (Phi) is 2.73. The van der Waals surface area contributed by atoms with Crippen molar-refractivity contribution in [3.8, 4) is 0 Å². The van der Waals surface area contributed by atoms with Gasteiger partial charge in [-0.05, 0) is 6.07 Å². The summed E-state index contributed by atoms with van der Waals surface area (Å²) in [6.45, 7) is 0. The Morgan fingerprint density at radius 3 is 2.57 bits per heavy atom. The summed E-state index contributed by atoms with van der Waals surface area (Å²) >= 11 is 0. The highest BCUT2D eigenvalue weighted by atomic mass is 19.4. The van der Waals surface area contributed by atoms with Crippen molar-refractivity contribution in [2.24, 2.45) is 12.2 Å². The first-order valence-corrected chi connectivity index (χ1v) is 3.70. The summed E-state index contributed by atoms with van der Waals surface area (Å²) in [5.41, 5.74) is -1.47. The van der Waals surface area contributed by atoms with Crippen LogP contribution in [0.15, 0.2) is 29.7 Å². The lowest BCUT2D eigenvalue weighted by Crippen LogP contribution is -2.31. The largest absolute Gasteiger partial charge is 0.437 e. The first-order valence-electron chi connectivity index (χ1n) is 3.70. The molecule has 0 unspecified atom stereocenters. The number of nitrogens with zero attached hydrogens (tertiary/aromatic N) is 2. The van der Waals surface area contributed by atoms with Crippen molar-refractivity contribution in [2.75, 3.05) is 0 Å². The predicted molar refractivity (Wildman–Crippen MR) is 42.0 cm³/mol. The van der Waals surface area contributed by atoms with Crippen LogP contribution >= 0.6 is 0 Å². The Balaban J connectivity index is 3.16. The van der Waals surface area contributed by atoms with Crippen molar-refractivity contribution in [3.05, 3.63) is 30.1 Å². The molecule has 0 aromatic carbocycles. The minimum Gasteiger partial charge on any atom is -0.410 e. The summed E-state index contributed by atoms with van der Waals surface area (Å²) in [5, 5.41) is 10.5. The van der Waals surface area contributed by atoms with Crippen LogP contribution in [-0.2, 0) is 7.05 Å². The zero-order valence-corrected chi connectivity index (χ0v) is 7.28. The van der Waals surface area contributed by atoms with Gasteiger partial charge in [0.05, 0.1) is 5.56 Å². The van der Waals surface area contributed by atoms with Gasteiger partial charge in [0, 0.05) is 6.07 Å². The summed E-state index contributed by atoms with van der Waals surface area (Å²) in [4.78, 5) is 0. The first kappa shape index (κ1) is 10.5. The Morgan fingerprint density at radius 2 is 2.14 bits per heavy atom. The van der Waals surface area contributed by atoms with E-state index in [9.17, 15) is 13.2 Å². The molecule has 1 aromatic heterocycles. The number of pyridine rings is 1. The smallest absolute Gasteiger partial charge is 0.410 e. The van der Waals surface area contributed by atoms with Crippen molar-refractivity contribution in [3.63, 3.8) is 0 Å². The van der Waals surface area contributed by atoms with E-state index in [2.05, 4.69) is 5.16 Å². The molecule has 0 fully saturated rings. The number of aryl methyl sites for hydroxylation is 1. The third-order valence-electron chi connectivity index (χ3n) is 1.58. The van der Waals surface area contributed by atoms with Crippen molar-refractivity contribution < 1.29 is 22.9 Å². The van der Waals surface area contributed by atoms with Gasteiger partial charge in [-0.2, -0.15) is 13.2 Å². The molecule has 1 rings (SSSR count). The number of oxime groups is 1. The highest BCUT2D eigenvalue weighted by Gasteiger charge is 2.38. The third-order valence-corrected chi connectivity index (χ3v) is 1.58. The molecule has 6 heteroatoms. The fourth-order valence-corrected chi connectivity index (χ4v) is 1.01. The molecule has 0 saturated carbocycles. The van der Waals surface area contributed by atoms with Crippen LogP contribution in [0.3, 0.4) is 0 Å². The normalized spacial score (nSPS) is 13.0. The monoisotopic (exact) mass is 205 g/mol. The summed E-state index contributed by atoms with van der Waals surface area (Å²) < 4.78 is 38.2. The van der Waals surface area contributed by atoms with Crippen LogP contribution < -0.4 is 4.57 Å². The molecule has 0 atom stereocenters. The number of rotatable bonds is 1. The van der Waals surface area contributed by atoms with Crippen LogP contribution in [0.1, 0.15) is 5.56 Å². The highest BCUT2D eigenvalue weighted by Crippen LogP contribution is 2.21. The van der Waals surface area contributed by atoms with Crippen molar-refractivity contribution in [1.82, 2.24) is 0 Å². The van der Waals surface area contributed by atoms with Gasteiger partial charge >= 0.3 is 6.18 Å². The van der Waals surface area contributed by atoms with Gasteiger partial charge in [0.1, 0.15) is 7.05 Å². The highest BCUT2D eigenvalue weighted by molar-refractivity contribution is 6.03. The maximum absolute atomic E-state index is 12.2. The molecule has 14 heavy (non-hydrogen) atoms. The van der Waals surface area contributed by atoms with E-state index in [-0.39, 0.29) is 5.56 Å². The maximum Gasteiger partial charge on any atom is 0.437 e. The number of halogens is 3. The first-order chi connectivity index (χ1) is 6.45. The lowest BCUT2D eigenvalue weighted by Gasteiger charge is -2.06. The van der Waals surface area contributed by atoms with Crippen LogP contribution in [-0.4, -0.2) is 17.1 Å². The Labute approximate surface area is 78.1 Å². The lowest BCUT2D eigenvalue weighted by molar-refractivity contribution is -0.671.